The molecule has 2 aromatic rings. The molecule has 2 unspecified atom stereocenters. The van der Waals surface area contributed by atoms with Gasteiger partial charge in [-0.1, -0.05) is 12.1 Å². The quantitative estimate of drug-likeness (QED) is 0.621. The molecule has 8 nitrogen and oxygen atoms in total. The van der Waals surface area contributed by atoms with Crippen LogP contribution < -0.4 is 15.0 Å². The van der Waals surface area contributed by atoms with Crippen molar-refractivity contribution in [2.75, 3.05) is 24.6 Å². The van der Waals surface area contributed by atoms with Gasteiger partial charge in [0.25, 0.3) is 5.91 Å². The van der Waals surface area contributed by atoms with Crippen LogP contribution in [0.3, 0.4) is 0 Å². The second kappa shape index (κ2) is 9.21. The zero-order chi connectivity index (χ0) is 25.4. The minimum atomic E-state index is -4.46. The number of ether oxygens (including phenoxy) is 1. The Kier molecular flexibility index (Phi) is 6.46. The number of amides is 3. The van der Waals surface area contributed by atoms with Crippen molar-refractivity contribution in [2.24, 2.45) is 0 Å². The van der Waals surface area contributed by atoms with Gasteiger partial charge in [0.1, 0.15) is 30.7 Å². The summed E-state index contributed by atoms with van der Waals surface area (Å²) in [6.45, 7) is 0.963. The van der Waals surface area contributed by atoms with Gasteiger partial charge in [0.05, 0.1) is 16.8 Å². The van der Waals surface area contributed by atoms with Crippen molar-refractivity contribution in [3.63, 3.8) is 0 Å². The third kappa shape index (κ3) is 4.81. The molecule has 0 bridgehead atoms. The van der Waals surface area contributed by atoms with Crippen LogP contribution in [0.2, 0.25) is 0 Å². The highest BCUT2D eigenvalue weighted by atomic mass is 19.4. The van der Waals surface area contributed by atoms with E-state index in [1.165, 1.54) is 4.90 Å². The fourth-order valence-electron chi connectivity index (χ4n) is 4.36. The van der Waals surface area contributed by atoms with Crippen LogP contribution in [0.15, 0.2) is 48.5 Å². The molecule has 0 saturated carbocycles. The smallest absolute Gasteiger partial charge is 0.416 e. The number of hydrogen-bond donors (Lipinski definition) is 2. The van der Waals surface area contributed by atoms with Gasteiger partial charge in [-0.05, 0) is 49.7 Å². The van der Waals surface area contributed by atoms with Crippen molar-refractivity contribution >= 4 is 23.4 Å². The van der Waals surface area contributed by atoms with Crippen LogP contribution in [0, 0.1) is 0 Å². The molecule has 1 fully saturated rings. The number of aliphatic hydroxyl groups excluding tert-OH is 1. The zero-order valence-corrected chi connectivity index (χ0v) is 18.8. The average molecular weight is 491 g/mol. The third-order valence-corrected chi connectivity index (χ3v) is 6.21. The molecular weight excluding hydrogens is 467 g/mol. The van der Waals surface area contributed by atoms with Gasteiger partial charge in [-0.3, -0.25) is 19.3 Å². The number of rotatable bonds is 7. The minimum Gasteiger partial charge on any atom is -0.491 e. The first-order valence-corrected chi connectivity index (χ1v) is 11.0. The van der Waals surface area contributed by atoms with Gasteiger partial charge in [-0.25, -0.2) is 0 Å². The first-order valence-electron chi connectivity index (χ1n) is 11.0. The lowest BCUT2D eigenvalue weighted by atomic mass is 9.98. The van der Waals surface area contributed by atoms with Gasteiger partial charge >= 0.3 is 6.18 Å². The van der Waals surface area contributed by atoms with Crippen molar-refractivity contribution in [1.82, 2.24) is 10.2 Å². The van der Waals surface area contributed by atoms with Crippen molar-refractivity contribution in [3.05, 3.63) is 59.7 Å². The number of aliphatic hydroxyl groups is 1. The first-order chi connectivity index (χ1) is 16.5. The Labute approximate surface area is 199 Å². The predicted molar refractivity (Wildman–Crippen MR) is 119 cm³/mol. The second-order valence-corrected chi connectivity index (χ2v) is 8.65. The number of hydrogen-bond acceptors (Lipinski definition) is 5. The maximum absolute atomic E-state index is 13.2. The molecule has 0 radical (unpaired) electrons. The third-order valence-electron chi connectivity index (χ3n) is 6.21. The number of halogens is 3. The predicted octanol–water partition coefficient (Wildman–Crippen LogP) is 2.56. The van der Waals surface area contributed by atoms with E-state index >= 15 is 0 Å². The van der Waals surface area contributed by atoms with Crippen molar-refractivity contribution in [3.8, 4) is 5.75 Å². The van der Waals surface area contributed by atoms with E-state index in [2.05, 4.69) is 5.32 Å². The summed E-state index contributed by atoms with van der Waals surface area (Å²) < 4.78 is 43.2. The minimum absolute atomic E-state index is 0.131. The summed E-state index contributed by atoms with van der Waals surface area (Å²) in [5, 5.41) is 12.6. The number of nitrogens with zero attached hydrogens (tertiary/aromatic N) is 2. The van der Waals surface area contributed by atoms with E-state index in [4.69, 9.17) is 4.74 Å². The van der Waals surface area contributed by atoms with Gasteiger partial charge in [0.2, 0.25) is 11.8 Å². The lowest BCUT2D eigenvalue weighted by molar-refractivity contribution is -0.137. The summed E-state index contributed by atoms with van der Waals surface area (Å²) in [4.78, 5) is 41.3. The van der Waals surface area contributed by atoms with Crippen LogP contribution in [0.4, 0.5) is 18.9 Å². The summed E-state index contributed by atoms with van der Waals surface area (Å²) in [6.07, 6.45) is -4.97. The molecule has 2 aliphatic heterocycles. The summed E-state index contributed by atoms with van der Waals surface area (Å²) in [5.41, 5.74) is -0.943. The lowest BCUT2D eigenvalue weighted by Gasteiger charge is -2.48. The highest BCUT2D eigenvalue weighted by molar-refractivity contribution is 6.11. The number of nitrogens with one attached hydrogen (secondary N) is 1. The van der Waals surface area contributed by atoms with E-state index in [-0.39, 0.29) is 43.7 Å². The summed E-state index contributed by atoms with van der Waals surface area (Å²) in [6, 6.07) is 10.8. The van der Waals surface area contributed by atoms with Crippen LogP contribution in [-0.2, 0) is 15.8 Å². The molecule has 1 saturated heterocycles. The fourth-order valence-corrected chi connectivity index (χ4v) is 4.36. The van der Waals surface area contributed by atoms with E-state index in [0.717, 1.165) is 24.3 Å². The number of para-hydroxylation sites is 1. The van der Waals surface area contributed by atoms with Crippen LogP contribution in [0.1, 0.15) is 35.7 Å². The molecule has 2 aliphatic rings. The summed E-state index contributed by atoms with van der Waals surface area (Å²) in [5.74, 6) is -0.893. The number of fused-ring (bicyclic) bond motifs is 3. The second-order valence-electron chi connectivity index (χ2n) is 8.65. The molecule has 186 valence electrons. The van der Waals surface area contributed by atoms with E-state index < -0.39 is 29.4 Å². The van der Waals surface area contributed by atoms with E-state index in [0.29, 0.717) is 17.7 Å². The Morgan fingerprint density at radius 3 is 2.54 bits per heavy atom. The standard InChI is InChI=1S/C24H24F3N3O5/c1-23-11-10-21(33)30(23)19-5-3-2-4-18(19)22(34)29(23)13-20(32)28-12-16(31)14-35-17-8-6-15(7-9-17)24(25,26)27/h2-9,16,31H,10-14H2,1H3,(H,28,32). The highest BCUT2D eigenvalue weighted by Gasteiger charge is 2.53. The monoisotopic (exact) mass is 491 g/mol. The molecule has 3 amide bonds. The first kappa shape index (κ1) is 24.5. The van der Waals surface area contributed by atoms with E-state index in [1.54, 1.807) is 36.1 Å². The number of benzene rings is 2. The molecule has 2 aromatic carbocycles. The number of carbonyl (C=O) groups is 3. The Balaban J connectivity index is 1.33. The molecular formula is C24H24F3N3O5. The van der Waals surface area contributed by atoms with Crippen molar-refractivity contribution in [1.29, 1.82) is 0 Å². The maximum Gasteiger partial charge on any atom is 0.416 e. The number of alkyl halides is 3. The largest absolute Gasteiger partial charge is 0.491 e. The van der Waals surface area contributed by atoms with Gasteiger partial charge in [-0.15, -0.1) is 0 Å². The fraction of sp³-hybridized carbons (Fsp3) is 0.375. The Hall–Kier alpha value is -3.60. The molecule has 35 heavy (non-hydrogen) atoms. The SMILES string of the molecule is CC12CCC(=O)N1c1ccccc1C(=O)N2CC(=O)NCC(O)COc1ccc(C(F)(F)F)cc1. The van der Waals surface area contributed by atoms with Gasteiger partial charge in [-0.2, -0.15) is 13.2 Å². The van der Waals surface area contributed by atoms with Crippen molar-refractivity contribution < 1.29 is 37.4 Å². The number of anilines is 1. The zero-order valence-electron chi connectivity index (χ0n) is 18.8. The topological polar surface area (TPSA) is 99.2 Å². The van der Waals surface area contributed by atoms with Crippen LogP contribution >= 0.6 is 0 Å². The Morgan fingerprint density at radius 2 is 1.86 bits per heavy atom. The summed E-state index contributed by atoms with van der Waals surface area (Å²) in [7, 11) is 0. The Morgan fingerprint density at radius 1 is 1.17 bits per heavy atom. The molecule has 0 aromatic heterocycles. The molecule has 2 N–H and O–H groups in total. The van der Waals surface area contributed by atoms with Gasteiger partial charge < -0.3 is 20.1 Å². The molecule has 11 heteroatoms. The van der Waals surface area contributed by atoms with Crippen molar-refractivity contribution in [2.45, 2.75) is 37.7 Å². The molecule has 2 heterocycles. The molecule has 0 aliphatic carbocycles. The van der Waals surface area contributed by atoms with E-state index in [1.807, 2.05) is 0 Å². The Bertz CT molecular complexity index is 1140. The van der Waals surface area contributed by atoms with Crippen LogP contribution in [0.25, 0.3) is 0 Å². The highest BCUT2D eigenvalue weighted by Crippen LogP contribution is 2.43. The molecule has 0 spiro atoms. The van der Waals surface area contributed by atoms with Crippen LogP contribution in [0.5, 0.6) is 5.75 Å². The van der Waals surface area contributed by atoms with E-state index in [9.17, 15) is 32.7 Å². The lowest BCUT2D eigenvalue weighted by Crippen LogP contribution is -2.64. The maximum atomic E-state index is 13.2. The van der Waals surface area contributed by atoms with Gasteiger partial charge in [0, 0.05) is 13.0 Å². The molecule has 2 atom stereocenters. The van der Waals surface area contributed by atoms with Gasteiger partial charge in [0.15, 0.2) is 0 Å². The average Bonchev–Trinajstić information content (AvgIpc) is 3.14. The van der Waals surface area contributed by atoms with Crippen LogP contribution in [-0.4, -0.2) is 59.2 Å². The number of carbonyl (C=O) groups excluding carboxylic acids is 3. The molecule has 4 rings (SSSR count). The normalized spacial score (nSPS) is 20.4. The summed E-state index contributed by atoms with van der Waals surface area (Å²) >= 11 is 0.